The molecule has 0 bridgehead atoms. The van der Waals surface area contributed by atoms with Gasteiger partial charge in [0.25, 0.3) is 0 Å². The van der Waals surface area contributed by atoms with Crippen LogP contribution in [0.1, 0.15) is 85.2 Å². The van der Waals surface area contributed by atoms with Crippen molar-refractivity contribution in [2.24, 2.45) is 5.92 Å². The molecule has 3 unspecified atom stereocenters. The van der Waals surface area contributed by atoms with E-state index in [1.165, 1.54) is 39.0 Å². The van der Waals surface area contributed by atoms with E-state index in [-0.39, 0.29) is 22.9 Å². The minimum atomic E-state index is -0.779. The van der Waals surface area contributed by atoms with Gasteiger partial charge in [0.2, 0.25) is 0 Å². The molecule has 3 atom stereocenters. The summed E-state index contributed by atoms with van der Waals surface area (Å²) in [4.78, 5) is 0. The van der Waals surface area contributed by atoms with Gasteiger partial charge in [0.05, 0.1) is 24.8 Å². The van der Waals surface area contributed by atoms with Crippen LogP contribution >= 0.6 is 0 Å². The molecular formula is C40H37NO2. The van der Waals surface area contributed by atoms with Crippen molar-refractivity contribution in [3.05, 3.63) is 153 Å². The lowest BCUT2D eigenvalue weighted by Crippen LogP contribution is -2.40. The monoisotopic (exact) mass is 563 g/mol. The smallest absolute Gasteiger partial charge is 0.137 e. The average molecular weight is 564 g/mol. The third-order valence-corrected chi connectivity index (χ3v) is 9.78. The van der Waals surface area contributed by atoms with Gasteiger partial charge in [-0.3, -0.25) is 0 Å². The standard InChI is InChI=1S/C40H37NO2/c1-38(2,3)26-12-14-27(15-13-26)40(28-16-18-29(42-6)19-17-28)22-21-33-36-35(30-9-7-8-10-31(30)37(33)43-40)32-20-11-25(24-41)23-34(32)39(36,4)5/h7-23,33,37H,1-6H3. The van der Waals surface area contributed by atoms with E-state index in [4.69, 9.17) is 9.47 Å². The summed E-state index contributed by atoms with van der Waals surface area (Å²) in [5, 5.41) is 9.71. The first kappa shape index (κ1) is 27.4. The van der Waals surface area contributed by atoms with Gasteiger partial charge in [-0.15, -0.1) is 0 Å². The van der Waals surface area contributed by atoms with E-state index in [0.29, 0.717) is 5.56 Å². The topological polar surface area (TPSA) is 42.2 Å². The quantitative estimate of drug-likeness (QED) is 0.233. The van der Waals surface area contributed by atoms with Crippen molar-refractivity contribution >= 4 is 5.57 Å². The third-order valence-electron chi connectivity index (χ3n) is 9.78. The number of methoxy groups -OCH3 is 1. The first-order valence-corrected chi connectivity index (χ1v) is 15.1. The highest BCUT2D eigenvalue weighted by molar-refractivity contribution is 5.93. The van der Waals surface area contributed by atoms with Crippen molar-refractivity contribution in [1.82, 2.24) is 0 Å². The van der Waals surface area contributed by atoms with Gasteiger partial charge in [0.15, 0.2) is 0 Å². The van der Waals surface area contributed by atoms with E-state index < -0.39 is 5.60 Å². The Balaban J connectivity index is 1.44. The maximum absolute atomic E-state index is 9.71. The Labute approximate surface area is 255 Å². The molecule has 0 radical (unpaired) electrons. The molecular weight excluding hydrogens is 526 g/mol. The van der Waals surface area contributed by atoms with Crippen molar-refractivity contribution in [1.29, 1.82) is 5.26 Å². The van der Waals surface area contributed by atoms with Crippen LogP contribution in [-0.2, 0) is 21.2 Å². The summed E-state index contributed by atoms with van der Waals surface area (Å²) in [6.07, 6.45) is 4.48. The molecule has 0 fully saturated rings. The minimum Gasteiger partial charge on any atom is -0.497 e. The molecule has 7 rings (SSSR count). The number of nitriles is 1. The number of benzene rings is 4. The van der Waals surface area contributed by atoms with Crippen molar-refractivity contribution in [3.8, 4) is 11.8 Å². The highest BCUT2D eigenvalue weighted by atomic mass is 16.5. The van der Waals surface area contributed by atoms with Gasteiger partial charge in [0.1, 0.15) is 11.4 Å². The second-order valence-corrected chi connectivity index (χ2v) is 13.6. The van der Waals surface area contributed by atoms with Crippen LogP contribution in [-0.4, -0.2) is 7.11 Å². The van der Waals surface area contributed by atoms with Crippen LogP contribution in [0.4, 0.5) is 0 Å². The van der Waals surface area contributed by atoms with Gasteiger partial charge in [-0.05, 0) is 85.8 Å². The molecule has 43 heavy (non-hydrogen) atoms. The van der Waals surface area contributed by atoms with Crippen LogP contribution < -0.4 is 4.74 Å². The summed E-state index contributed by atoms with van der Waals surface area (Å²) in [7, 11) is 1.70. The molecule has 3 nitrogen and oxygen atoms in total. The van der Waals surface area contributed by atoms with Crippen molar-refractivity contribution in [3.63, 3.8) is 0 Å². The molecule has 1 aliphatic heterocycles. The van der Waals surface area contributed by atoms with Crippen LogP contribution in [0.25, 0.3) is 5.57 Å². The fourth-order valence-electron chi connectivity index (χ4n) is 7.51. The molecule has 0 saturated heterocycles. The summed E-state index contributed by atoms with van der Waals surface area (Å²) in [6.45, 7) is 11.3. The predicted molar refractivity (Wildman–Crippen MR) is 172 cm³/mol. The van der Waals surface area contributed by atoms with Crippen LogP contribution in [0.5, 0.6) is 5.75 Å². The zero-order chi connectivity index (χ0) is 30.1. The molecule has 3 aliphatic rings. The predicted octanol–water partition coefficient (Wildman–Crippen LogP) is 9.16. The zero-order valence-corrected chi connectivity index (χ0v) is 25.7. The normalized spacial score (nSPS) is 23.1. The highest BCUT2D eigenvalue weighted by Crippen LogP contribution is 2.61. The second-order valence-electron chi connectivity index (χ2n) is 13.6. The molecule has 0 N–H and O–H groups in total. The van der Waals surface area contributed by atoms with Crippen LogP contribution in [0.3, 0.4) is 0 Å². The van der Waals surface area contributed by atoms with Gasteiger partial charge in [-0.2, -0.15) is 5.26 Å². The Morgan fingerprint density at radius 2 is 1.51 bits per heavy atom. The fourth-order valence-corrected chi connectivity index (χ4v) is 7.51. The van der Waals surface area contributed by atoms with E-state index in [0.717, 1.165) is 16.9 Å². The maximum Gasteiger partial charge on any atom is 0.137 e. The largest absolute Gasteiger partial charge is 0.497 e. The number of rotatable bonds is 3. The summed E-state index contributed by atoms with van der Waals surface area (Å²) in [6, 6.07) is 34.4. The molecule has 0 aromatic heterocycles. The first-order chi connectivity index (χ1) is 20.6. The third kappa shape index (κ3) is 4.04. The van der Waals surface area contributed by atoms with Crippen LogP contribution in [0.2, 0.25) is 0 Å². The van der Waals surface area contributed by atoms with Crippen LogP contribution in [0, 0.1) is 17.2 Å². The van der Waals surface area contributed by atoms with E-state index in [9.17, 15) is 5.26 Å². The number of ether oxygens (including phenoxy) is 2. The van der Waals surface area contributed by atoms with Crippen molar-refractivity contribution < 1.29 is 9.47 Å². The average Bonchev–Trinajstić information content (AvgIpc) is 3.26. The van der Waals surface area contributed by atoms with Crippen LogP contribution in [0.15, 0.2) is 109 Å². The van der Waals surface area contributed by atoms with E-state index in [1.54, 1.807) is 7.11 Å². The van der Waals surface area contributed by atoms with Gasteiger partial charge in [-0.1, -0.05) is 107 Å². The fraction of sp³-hybridized carbons (Fsp3) is 0.275. The highest BCUT2D eigenvalue weighted by Gasteiger charge is 2.51. The van der Waals surface area contributed by atoms with Crippen molar-refractivity contribution in [2.75, 3.05) is 7.11 Å². The number of hydrogen-bond acceptors (Lipinski definition) is 3. The lowest BCUT2D eigenvalue weighted by atomic mass is 9.67. The lowest BCUT2D eigenvalue weighted by Gasteiger charge is -2.47. The van der Waals surface area contributed by atoms with Gasteiger partial charge in [0, 0.05) is 11.3 Å². The van der Waals surface area contributed by atoms with Gasteiger partial charge in [-0.25, -0.2) is 0 Å². The number of nitrogens with zero attached hydrogens (tertiary/aromatic N) is 1. The molecule has 0 saturated carbocycles. The molecule has 3 heteroatoms. The Morgan fingerprint density at radius 3 is 2.16 bits per heavy atom. The maximum atomic E-state index is 9.71. The first-order valence-electron chi connectivity index (χ1n) is 15.1. The van der Waals surface area contributed by atoms with E-state index in [1.807, 2.05) is 18.2 Å². The summed E-state index contributed by atoms with van der Waals surface area (Å²) in [5.74, 6) is 0.873. The van der Waals surface area contributed by atoms with Crippen molar-refractivity contribution in [2.45, 2.75) is 57.2 Å². The molecule has 4 aromatic carbocycles. The van der Waals surface area contributed by atoms with Gasteiger partial charge >= 0.3 is 0 Å². The Morgan fingerprint density at radius 1 is 0.837 bits per heavy atom. The van der Waals surface area contributed by atoms with E-state index >= 15 is 0 Å². The summed E-state index contributed by atoms with van der Waals surface area (Å²) in [5.41, 5.74) is 10.7. The SMILES string of the molecule is COc1ccc(C2(c3ccc(C(C)(C)C)cc3)C=CC3C4=C(c5ccccc5C3O2)c2ccc(C#N)cc2C4(C)C)cc1. The zero-order valence-electron chi connectivity index (χ0n) is 25.7. The lowest BCUT2D eigenvalue weighted by molar-refractivity contribution is -0.0712. The molecule has 0 amide bonds. The van der Waals surface area contributed by atoms with Gasteiger partial charge < -0.3 is 9.47 Å². The van der Waals surface area contributed by atoms with E-state index in [2.05, 4.69) is 126 Å². The molecule has 214 valence electrons. The summed E-state index contributed by atoms with van der Waals surface area (Å²) >= 11 is 0. The molecule has 2 aliphatic carbocycles. The second kappa shape index (κ2) is 9.56. The number of fused-ring (bicyclic) bond motifs is 7. The Bertz CT molecular complexity index is 1840. The summed E-state index contributed by atoms with van der Waals surface area (Å²) < 4.78 is 13.0. The Hall–Kier alpha value is -4.39. The minimum absolute atomic E-state index is 0.0538. The Kier molecular flexibility index (Phi) is 6.10. The molecule has 0 spiro atoms. The number of hydrogen-bond donors (Lipinski definition) is 0. The molecule has 4 aromatic rings. The molecule has 1 heterocycles.